The number of hydrogen-bond acceptors (Lipinski definition) is 3. The van der Waals surface area contributed by atoms with Gasteiger partial charge in [-0.2, -0.15) is 0 Å². The van der Waals surface area contributed by atoms with E-state index in [1.165, 1.54) is 0 Å². The number of ether oxygens (including phenoxy) is 1. The standard InChI is InChI=1S/C15H24N2O2/c1-2-19-12-14-8-4-3-7-13(14)11-17-15(18)9-5-6-10-16/h3-4,7-8H,2,5-6,9-12,16H2,1H3,(H,17,18). The van der Waals surface area contributed by atoms with E-state index in [2.05, 4.69) is 5.32 Å². The van der Waals surface area contributed by atoms with E-state index in [0.29, 0.717) is 32.7 Å². The van der Waals surface area contributed by atoms with Gasteiger partial charge in [0.25, 0.3) is 0 Å². The third kappa shape index (κ3) is 6.36. The number of rotatable bonds is 9. The van der Waals surface area contributed by atoms with Gasteiger partial charge in [-0.25, -0.2) is 0 Å². The summed E-state index contributed by atoms with van der Waals surface area (Å²) >= 11 is 0. The highest BCUT2D eigenvalue weighted by Gasteiger charge is 2.04. The molecule has 1 amide bonds. The van der Waals surface area contributed by atoms with Crippen LogP contribution < -0.4 is 11.1 Å². The van der Waals surface area contributed by atoms with Crippen molar-refractivity contribution in [3.05, 3.63) is 35.4 Å². The van der Waals surface area contributed by atoms with Gasteiger partial charge >= 0.3 is 0 Å². The van der Waals surface area contributed by atoms with E-state index >= 15 is 0 Å². The average Bonchev–Trinajstić information content (AvgIpc) is 2.44. The lowest BCUT2D eigenvalue weighted by molar-refractivity contribution is -0.121. The lowest BCUT2D eigenvalue weighted by atomic mass is 10.1. The van der Waals surface area contributed by atoms with Crippen LogP contribution in [0.1, 0.15) is 37.3 Å². The van der Waals surface area contributed by atoms with E-state index in [1.54, 1.807) is 0 Å². The van der Waals surface area contributed by atoms with Crippen molar-refractivity contribution >= 4 is 5.91 Å². The summed E-state index contributed by atoms with van der Waals surface area (Å²) in [7, 11) is 0. The lowest BCUT2D eigenvalue weighted by Gasteiger charge is -2.10. The molecule has 0 atom stereocenters. The Labute approximate surface area is 115 Å². The second-order valence-electron chi connectivity index (χ2n) is 4.43. The zero-order chi connectivity index (χ0) is 13.9. The maximum Gasteiger partial charge on any atom is 0.220 e. The predicted molar refractivity (Wildman–Crippen MR) is 76.5 cm³/mol. The molecule has 1 rings (SSSR count). The molecule has 0 fully saturated rings. The van der Waals surface area contributed by atoms with Gasteiger partial charge < -0.3 is 15.8 Å². The molecule has 106 valence electrons. The van der Waals surface area contributed by atoms with Gasteiger partial charge in [0.1, 0.15) is 0 Å². The van der Waals surface area contributed by atoms with Crippen LogP contribution in [0.25, 0.3) is 0 Å². The number of nitrogens with two attached hydrogens (primary N) is 1. The fourth-order valence-electron chi connectivity index (χ4n) is 1.79. The number of amides is 1. The van der Waals surface area contributed by atoms with Crippen molar-refractivity contribution in [2.75, 3.05) is 13.2 Å². The van der Waals surface area contributed by atoms with Gasteiger partial charge in [-0.1, -0.05) is 24.3 Å². The van der Waals surface area contributed by atoms with Crippen molar-refractivity contribution in [3.8, 4) is 0 Å². The van der Waals surface area contributed by atoms with Crippen molar-refractivity contribution < 1.29 is 9.53 Å². The van der Waals surface area contributed by atoms with Crippen molar-refractivity contribution in [2.24, 2.45) is 5.73 Å². The molecule has 0 unspecified atom stereocenters. The van der Waals surface area contributed by atoms with Crippen LogP contribution in [0.4, 0.5) is 0 Å². The third-order valence-electron chi connectivity index (χ3n) is 2.91. The highest BCUT2D eigenvalue weighted by atomic mass is 16.5. The van der Waals surface area contributed by atoms with Gasteiger partial charge in [0, 0.05) is 19.6 Å². The maximum absolute atomic E-state index is 11.6. The van der Waals surface area contributed by atoms with E-state index < -0.39 is 0 Å². The first-order valence-electron chi connectivity index (χ1n) is 6.89. The zero-order valence-electron chi connectivity index (χ0n) is 11.7. The third-order valence-corrected chi connectivity index (χ3v) is 2.91. The molecule has 0 bridgehead atoms. The summed E-state index contributed by atoms with van der Waals surface area (Å²) in [4.78, 5) is 11.6. The number of carbonyl (C=O) groups excluding carboxylic acids is 1. The van der Waals surface area contributed by atoms with E-state index in [-0.39, 0.29) is 5.91 Å². The monoisotopic (exact) mass is 264 g/mol. The molecule has 0 aliphatic heterocycles. The van der Waals surface area contributed by atoms with Crippen LogP contribution in [-0.2, 0) is 22.7 Å². The summed E-state index contributed by atoms with van der Waals surface area (Å²) in [6.45, 7) is 4.46. The second kappa shape index (κ2) is 9.53. The molecule has 0 aromatic heterocycles. The number of nitrogens with one attached hydrogen (secondary N) is 1. The molecular formula is C15H24N2O2. The van der Waals surface area contributed by atoms with Crippen molar-refractivity contribution in [2.45, 2.75) is 39.3 Å². The minimum Gasteiger partial charge on any atom is -0.377 e. The van der Waals surface area contributed by atoms with Crippen molar-refractivity contribution in [3.63, 3.8) is 0 Å². The molecule has 0 saturated carbocycles. The summed E-state index contributed by atoms with van der Waals surface area (Å²) in [5.74, 6) is 0.0830. The molecule has 1 aromatic rings. The Balaban J connectivity index is 2.41. The number of hydrogen-bond donors (Lipinski definition) is 2. The fraction of sp³-hybridized carbons (Fsp3) is 0.533. The summed E-state index contributed by atoms with van der Waals surface area (Å²) in [5.41, 5.74) is 7.65. The first-order chi connectivity index (χ1) is 9.27. The Hall–Kier alpha value is -1.39. The Bertz CT molecular complexity index is 380. The molecule has 3 N–H and O–H groups in total. The molecule has 4 heteroatoms. The fourth-order valence-corrected chi connectivity index (χ4v) is 1.79. The van der Waals surface area contributed by atoms with Gasteiger partial charge in [0.15, 0.2) is 0 Å². The highest BCUT2D eigenvalue weighted by molar-refractivity contribution is 5.75. The normalized spacial score (nSPS) is 10.4. The second-order valence-corrected chi connectivity index (χ2v) is 4.43. The highest BCUT2D eigenvalue weighted by Crippen LogP contribution is 2.10. The minimum atomic E-state index is 0.0830. The van der Waals surface area contributed by atoms with Crippen LogP contribution in [0.5, 0.6) is 0 Å². The minimum absolute atomic E-state index is 0.0830. The van der Waals surface area contributed by atoms with Crippen molar-refractivity contribution in [1.82, 2.24) is 5.32 Å². The number of unbranched alkanes of at least 4 members (excludes halogenated alkanes) is 1. The maximum atomic E-state index is 11.6. The molecule has 0 spiro atoms. The van der Waals surface area contributed by atoms with Gasteiger partial charge in [-0.3, -0.25) is 4.79 Å². The molecule has 19 heavy (non-hydrogen) atoms. The van der Waals surface area contributed by atoms with Crippen molar-refractivity contribution in [1.29, 1.82) is 0 Å². The molecule has 0 heterocycles. The van der Waals surface area contributed by atoms with Gasteiger partial charge in [0.2, 0.25) is 5.91 Å². The Morgan fingerprint density at radius 1 is 1.26 bits per heavy atom. The van der Waals surface area contributed by atoms with Crippen LogP contribution >= 0.6 is 0 Å². The molecule has 0 saturated heterocycles. The molecule has 0 radical (unpaired) electrons. The first kappa shape index (κ1) is 15.7. The number of benzene rings is 1. The van der Waals surface area contributed by atoms with Crippen LogP contribution in [0.15, 0.2) is 24.3 Å². The van der Waals surface area contributed by atoms with Crippen LogP contribution in [0.2, 0.25) is 0 Å². The van der Waals surface area contributed by atoms with Gasteiger partial charge in [-0.15, -0.1) is 0 Å². The molecule has 0 aliphatic carbocycles. The lowest BCUT2D eigenvalue weighted by Crippen LogP contribution is -2.23. The molecular weight excluding hydrogens is 240 g/mol. The van der Waals surface area contributed by atoms with Crippen LogP contribution in [0, 0.1) is 0 Å². The summed E-state index contributed by atoms with van der Waals surface area (Å²) < 4.78 is 5.42. The average molecular weight is 264 g/mol. The predicted octanol–water partition coefficient (Wildman–Crippen LogP) is 1.97. The van der Waals surface area contributed by atoms with Crippen LogP contribution in [0.3, 0.4) is 0 Å². The SMILES string of the molecule is CCOCc1ccccc1CNC(=O)CCCCN. The topological polar surface area (TPSA) is 64.3 Å². The van der Waals surface area contributed by atoms with Gasteiger partial charge in [0.05, 0.1) is 6.61 Å². The Morgan fingerprint density at radius 2 is 2.00 bits per heavy atom. The van der Waals surface area contributed by atoms with E-state index in [9.17, 15) is 4.79 Å². The Morgan fingerprint density at radius 3 is 2.68 bits per heavy atom. The molecule has 0 aliphatic rings. The van der Waals surface area contributed by atoms with Crippen LogP contribution in [-0.4, -0.2) is 19.1 Å². The quantitative estimate of drug-likeness (QED) is 0.670. The summed E-state index contributed by atoms with van der Waals surface area (Å²) in [6, 6.07) is 8.02. The zero-order valence-corrected chi connectivity index (χ0v) is 11.7. The smallest absolute Gasteiger partial charge is 0.220 e. The number of carbonyl (C=O) groups is 1. The molecule has 4 nitrogen and oxygen atoms in total. The van der Waals surface area contributed by atoms with E-state index in [4.69, 9.17) is 10.5 Å². The van der Waals surface area contributed by atoms with E-state index in [0.717, 1.165) is 24.0 Å². The Kier molecular flexibility index (Phi) is 7.86. The largest absolute Gasteiger partial charge is 0.377 e. The van der Waals surface area contributed by atoms with Gasteiger partial charge in [-0.05, 0) is 37.4 Å². The summed E-state index contributed by atoms with van der Waals surface area (Å²) in [5, 5.41) is 2.94. The molecule has 1 aromatic carbocycles. The first-order valence-corrected chi connectivity index (χ1v) is 6.89. The van der Waals surface area contributed by atoms with E-state index in [1.807, 2.05) is 31.2 Å². The summed E-state index contributed by atoms with van der Waals surface area (Å²) in [6.07, 6.45) is 2.29.